The largest absolute Gasteiger partial charge is 0.441 e. The van der Waals surface area contributed by atoms with Gasteiger partial charge in [-0.05, 0) is 36.5 Å². The molecule has 0 saturated carbocycles. The van der Waals surface area contributed by atoms with Crippen LogP contribution >= 0.6 is 0 Å². The molecule has 0 bridgehead atoms. The summed E-state index contributed by atoms with van der Waals surface area (Å²) in [4.78, 5) is 30.9. The van der Waals surface area contributed by atoms with Crippen molar-refractivity contribution < 1.29 is 14.3 Å². The summed E-state index contributed by atoms with van der Waals surface area (Å²) in [6.07, 6.45) is -0.553. The number of cyclic esters (lactones) is 1. The van der Waals surface area contributed by atoms with Crippen molar-refractivity contribution in [3.63, 3.8) is 0 Å². The molecule has 0 aromatic heterocycles. The van der Waals surface area contributed by atoms with Gasteiger partial charge in [-0.1, -0.05) is 105 Å². The molecular weight excluding hydrogens is 448 g/mol. The third-order valence-electron chi connectivity index (χ3n) is 6.85. The second-order valence-electron chi connectivity index (χ2n) is 10.5. The number of hydrogen-bond donors (Lipinski definition) is 0. The number of imide groups is 1. The SMILES string of the molecule is CC(C)[C@H]1N(C(=O)[C@@H](CN(Cc2ccccc2)Cc2ccccc2)c2ccccc2)C(=O)OC1(C)C. The van der Waals surface area contributed by atoms with Crippen molar-refractivity contribution in [3.05, 3.63) is 108 Å². The summed E-state index contributed by atoms with van der Waals surface area (Å²) in [5.74, 6) is -0.653. The van der Waals surface area contributed by atoms with E-state index >= 15 is 0 Å². The third kappa shape index (κ3) is 5.85. The number of hydrogen-bond acceptors (Lipinski definition) is 4. The second-order valence-corrected chi connectivity index (χ2v) is 10.5. The van der Waals surface area contributed by atoms with Crippen molar-refractivity contribution in [3.8, 4) is 0 Å². The fraction of sp³-hybridized carbons (Fsp3) is 0.355. The highest BCUT2D eigenvalue weighted by atomic mass is 16.6. The van der Waals surface area contributed by atoms with Crippen LogP contribution < -0.4 is 0 Å². The van der Waals surface area contributed by atoms with Crippen LogP contribution in [0.1, 0.15) is 50.3 Å². The zero-order chi connectivity index (χ0) is 25.7. The van der Waals surface area contributed by atoms with Crippen molar-refractivity contribution in [1.29, 1.82) is 0 Å². The monoisotopic (exact) mass is 484 g/mol. The topological polar surface area (TPSA) is 49.9 Å². The van der Waals surface area contributed by atoms with Gasteiger partial charge in [0, 0.05) is 19.6 Å². The number of nitrogens with zero attached hydrogens (tertiary/aromatic N) is 2. The van der Waals surface area contributed by atoms with Gasteiger partial charge in [0.15, 0.2) is 0 Å². The van der Waals surface area contributed by atoms with Crippen LogP contribution in [-0.2, 0) is 22.6 Å². The molecule has 0 N–H and O–H groups in total. The van der Waals surface area contributed by atoms with Crippen LogP contribution in [0.4, 0.5) is 4.79 Å². The Hall–Kier alpha value is -3.44. The van der Waals surface area contributed by atoms with Crippen LogP contribution in [0.5, 0.6) is 0 Å². The number of carbonyl (C=O) groups excluding carboxylic acids is 2. The lowest BCUT2D eigenvalue weighted by molar-refractivity contribution is -0.132. The first-order valence-electron chi connectivity index (χ1n) is 12.7. The number of ether oxygens (including phenoxy) is 1. The minimum atomic E-state index is -0.740. The van der Waals surface area contributed by atoms with Gasteiger partial charge in [-0.3, -0.25) is 9.69 Å². The van der Waals surface area contributed by atoms with Crippen LogP contribution in [0.15, 0.2) is 91.0 Å². The molecule has 1 heterocycles. The van der Waals surface area contributed by atoms with E-state index in [0.717, 1.165) is 5.56 Å². The van der Waals surface area contributed by atoms with E-state index in [4.69, 9.17) is 4.74 Å². The number of amides is 2. The summed E-state index contributed by atoms with van der Waals surface area (Å²) in [5.41, 5.74) is 2.51. The summed E-state index contributed by atoms with van der Waals surface area (Å²) in [7, 11) is 0. The Morgan fingerprint density at radius 3 is 1.81 bits per heavy atom. The molecule has 1 aliphatic heterocycles. The molecule has 1 saturated heterocycles. The average molecular weight is 485 g/mol. The molecule has 0 radical (unpaired) electrons. The van der Waals surface area contributed by atoms with E-state index in [1.807, 2.05) is 94.4 Å². The molecule has 5 nitrogen and oxygen atoms in total. The summed E-state index contributed by atoms with van der Waals surface area (Å²) in [6, 6.07) is 30.0. The zero-order valence-electron chi connectivity index (χ0n) is 21.6. The van der Waals surface area contributed by atoms with Crippen molar-refractivity contribution in [1.82, 2.24) is 9.80 Å². The Balaban J connectivity index is 1.69. The number of rotatable bonds is 9. The first kappa shape index (κ1) is 25.6. The van der Waals surface area contributed by atoms with Gasteiger partial charge in [-0.15, -0.1) is 0 Å². The van der Waals surface area contributed by atoms with Gasteiger partial charge in [0.1, 0.15) is 5.60 Å². The van der Waals surface area contributed by atoms with Crippen molar-refractivity contribution >= 4 is 12.0 Å². The molecule has 36 heavy (non-hydrogen) atoms. The van der Waals surface area contributed by atoms with Crippen LogP contribution in [-0.4, -0.2) is 40.0 Å². The molecule has 5 heteroatoms. The molecule has 3 aromatic carbocycles. The molecule has 2 atom stereocenters. The van der Waals surface area contributed by atoms with E-state index in [0.29, 0.717) is 19.6 Å². The quantitative estimate of drug-likeness (QED) is 0.360. The lowest BCUT2D eigenvalue weighted by Crippen LogP contribution is -2.50. The minimum Gasteiger partial charge on any atom is -0.441 e. The van der Waals surface area contributed by atoms with E-state index in [1.54, 1.807) is 0 Å². The smallest absolute Gasteiger partial charge is 0.417 e. The Labute approximate surface area is 214 Å². The fourth-order valence-electron chi connectivity index (χ4n) is 5.39. The molecular formula is C31H36N2O3. The normalized spacial score (nSPS) is 17.9. The lowest BCUT2D eigenvalue weighted by atomic mass is 9.87. The molecule has 1 aliphatic rings. The van der Waals surface area contributed by atoms with E-state index in [1.165, 1.54) is 16.0 Å². The summed E-state index contributed by atoms with van der Waals surface area (Å²) < 4.78 is 5.69. The molecule has 0 spiro atoms. The summed E-state index contributed by atoms with van der Waals surface area (Å²) >= 11 is 0. The fourth-order valence-corrected chi connectivity index (χ4v) is 5.39. The maximum Gasteiger partial charge on any atom is 0.417 e. The molecule has 1 fully saturated rings. The second kappa shape index (κ2) is 11.1. The highest BCUT2D eigenvalue weighted by molar-refractivity contribution is 5.97. The predicted octanol–water partition coefficient (Wildman–Crippen LogP) is 6.25. The molecule has 3 aromatic rings. The van der Waals surface area contributed by atoms with Crippen LogP contribution in [0.25, 0.3) is 0 Å². The molecule has 0 unspecified atom stereocenters. The third-order valence-corrected chi connectivity index (χ3v) is 6.85. The van der Waals surface area contributed by atoms with Gasteiger partial charge < -0.3 is 4.74 Å². The van der Waals surface area contributed by atoms with Crippen molar-refractivity contribution in [2.75, 3.05) is 6.54 Å². The predicted molar refractivity (Wildman–Crippen MR) is 142 cm³/mol. The standard InChI is InChI=1S/C31H36N2O3/c1-23(2)28-31(3,4)36-30(35)33(28)29(34)27(26-18-12-7-13-19-26)22-32(20-24-14-8-5-9-15-24)21-25-16-10-6-11-17-25/h5-19,23,27-28H,20-22H2,1-4H3/t27-,28+/m0/s1. The summed E-state index contributed by atoms with van der Waals surface area (Å²) in [5, 5.41) is 0. The molecule has 4 rings (SSSR count). The number of benzene rings is 3. The Bertz CT molecular complexity index is 1100. The van der Waals surface area contributed by atoms with E-state index in [-0.39, 0.29) is 17.9 Å². The first-order valence-corrected chi connectivity index (χ1v) is 12.7. The van der Waals surface area contributed by atoms with Crippen LogP contribution in [0.3, 0.4) is 0 Å². The van der Waals surface area contributed by atoms with Crippen LogP contribution in [0.2, 0.25) is 0 Å². The lowest BCUT2D eigenvalue weighted by Gasteiger charge is -2.34. The first-order chi connectivity index (χ1) is 17.3. The van der Waals surface area contributed by atoms with E-state index < -0.39 is 17.6 Å². The van der Waals surface area contributed by atoms with Crippen molar-refractivity contribution in [2.45, 2.75) is 58.3 Å². The van der Waals surface area contributed by atoms with Gasteiger partial charge in [0.2, 0.25) is 5.91 Å². The molecule has 188 valence electrons. The van der Waals surface area contributed by atoms with Gasteiger partial charge in [0.05, 0.1) is 12.0 Å². The van der Waals surface area contributed by atoms with Crippen LogP contribution in [0, 0.1) is 5.92 Å². The Kier molecular flexibility index (Phi) is 7.90. The molecule has 0 aliphatic carbocycles. The highest BCUT2D eigenvalue weighted by Crippen LogP contribution is 2.36. The average Bonchev–Trinajstić information content (AvgIpc) is 3.12. The highest BCUT2D eigenvalue weighted by Gasteiger charge is 2.53. The van der Waals surface area contributed by atoms with Gasteiger partial charge in [0.25, 0.3) is 0 Å². The van der Waals surface area contributed by atoms with Gasteiger partial charge in [-0.25, -0.2) is 9.69 Å². The van der Waals surface area contributed by atoms with Gasteiger partial charge in [-0.2, -0.15) is 0 Å². The number of carbonyl (C=O) groups is 2. The zero-order valence-corrected chi connectivity index (χ0v) is 21.6. The Morgan fingerprint density at radius 2 is 1.33 bits per heavy atom. The van der Waals surface area contributed by atoms with Gasteiger partial charge >= 0.3 is 6.09 Å². The maximum atomic E-state index is 14.2. The van der Waals surface area contributed by atoms with E-state index in [9.17, 15) is 9.59 Å². The van der Waals surface area contributed by atoms with E-state index in [2.05, 4.69) is 29.2 Å². The summed E-state index contributed by atoms with van der Waals surface area (Å²) in [6.45, 7) is 9.69. The van der Waals surface area contributed by atoms with Crippen molar-refractivity contribution in [2.24, 2.45) is 5.92 Å². The maximum absolute atomic E-state index is 14.2. The minimum absolute atomic E-state index is 0.0663. The molecule has 2 amide bonds. The Morgan fingerprint density at radius 1 is 0.861 bits per heavy atom.